The molecule has 2 aromatic heterocycles. The summed E-state index contributed by atoms with van der Waals surface area (Å²) in [5, 5.41) is 4.44. The van der Waals surface area contributed by atoms with Crippen molar-refractivity contribution in [1.82, 2.24) is 19.7 Å². The van der Waals surface area contributed by atoms with Gasteiger partial charge in [-0.3, -0.25) is 9.48 Å². The lowest BCUT2D eigenvalue weighted by Crippen LogP contribution is -2.38. The summed E-state index contributed by atoms with van der Waals surface area (Å²) >= 11 is 0. The number of pyridine rings is 1. The first-order valence-electron chi connectivity index (χ1n) is 8.33. The topological polar surface area (TPSA) is 60.2 Å². The van der Waals surface area contributed by atoms with Crippen molar-refractivity contribution in [3.63, 3.8) is 0 Å². The smallest absolute Gasteiger partial charge is 0.272 e. The molecular weight excluding hydrogens is 335 g/mol. The zero-order chi connectivity index (χ0) is 17.9. The number of nitrogens with zero attached hydrogens (tertiary/aromatic N) is 4. The number of carbonyl (C=O) groups is 1. The molecule has 7 heteroatoms. The first kappa shape index (κ1) is 16.3. The summed E-state index contributed by atoms with van der Waals surface area (Å²) in [5.74, 6) is -0.138. The molecule has 0 spiro atoms. The SMILES string of the molecule is O=C(c1ccc(F)cn1)N1CCn2nc(OCc3ccccc3)cc2C1. The number of amides is 1. The Morgan fingerprint density at radius 1 is 1.15 bits per heavy atom. The van der Waals surface area contributed by atoms with Crippen LogP contribution in [0, 0.1) is 5.82 Å². The summed E-state index contributed by atoms with van der Waals surface area (Å²) < 4.78 is 20.6. The fraction of sp³-hybridized carbons (Fsp3) is 0.211. The Hall–Kier alpha value is -3.22. The minimum atomic E-state index is -0.460. The molecule has 1 aliphatic rings. The number of benzene rings is 1. The maximum atomic E-state index is 13.0. The van der Waals surface area contributed by atoms with Crippen molar-refractivity contribution in [3.05, 3.63) is 77.5 Å². The molecule has 0 unspecified atom stereocenters. The lowest BCUT2D eigenvalue weighted by molar-refractivity contribution is 0.0700. The minimum Gasteiger partial charge on any atom is -0.472 e. The number of ether oxygens (including phenoxy) is 1. The molecule has 26 heavy (non-hydrogen) atoms. The average Bonchev–Trinajstić information content (AvgIpc) is 3.09. The van der Waals surface area contributed by atoms with Crippen LogP contribution in [-0.4, -0.2) is 32.1 Å². The van der Waals surface area contributed by atoms with Crippen LogP contribution in [0.1, 0.15) is 21.7 Å². The first-order valence-corrected chi connectivity index (χ1v) is 8.33. The summed E-state index contributed by atoms with van der Waals surface area (Å²) in [4.78, 5) is 18.1. The van der Waals surface area contributed by atoms with Crippen molar-refractivity contribution in [2.75, 3.05) is 6.54 Å². The van der Waals surface area contributed by atoms with E-state index in [9.17, 15) is 9.18 Å². The summed E-state index contributed by atoms with van der Waals surface area (Å²) in [6.45, 7) is 1.96. The van der Waals surface area contributed by atoms with Crippen LogP contribution in [0.2, 0.25) is 0 Å². The van der Waals surface area contributed by atoms with Crippen molar-refractivity contribution in [1.29, 1.82) is 0 Å². The van der Waals surface area contributed by atoms with Gasteiger partial charge in [0.25, 0.3) is 5.91 Å². The lowest BCUT2D eigenvalue weighted by atomic mass is 10.2. The Morgan fingerprint density at radius 2 is 2.00 bits per heavy atom. The van der Waals surface area contributed by atoms with Crippen LogP contribution in [0.5, 0.6) is 5.88 Å². The van der Waals surface area contributed by atoms with E-state index >= 15 is 0 Å². The van der Waals surface area contributed by atoms with E-state index in [0.717, 1.165) is 17.5 Å². The van der Waals surface area contributed by atoms with Crippen molar-refractivity contribution in [3.8, 4) is 5.88 Å². The normalized spacial score (nSPS) is 13.3. The van der Waals surface area contributed by atoms with E-state index in [1.807, 2.05) is 41.1 Å². The van der Waals surface area contributed by atoms with Crippen molar-refractivity contribution in [2.45, 2.75) is 19.7 Å². The van der Waals surface area contributed by atoms with Crippen molar-refractivity contribution < 1.29 is 13.9 Å². The molecule has 4 rings (SSSR count). The highest BCUT2D eigenvalue weighted by Crippen LogP contribution is 2.20. The monoisotopic (exact) mass is 352 g/mol. The average molecular weight is 352 g/mol. The molecule has 3 aromatic rings. The van der Waals surface area contributed by atoms with Gasteiger partial charge in [0.05, 0.1) is 25.0 Å². The van der Waals surface area contributed by atoms with E-state index in [1.54, 1.807) is 4.90 Å². The number of hydrogen-bond acceptors (Lipinski definition) is 4. The van der Waals surface area contributed by atoms with Gasteiger partial charge >= 0.3 is 0 Å². The van der Waals surface area contributed by atoms with Crippen molar-refractivity contribution >= 4 is 5.91 Å². The molecule has 132 valence electrons. The van der Waals surface area contributed by atoms with Gasteiger partial charge in [0.15, 0.2) is 0 Å². The molecule has 0 bridgehead atoms. The second-order valence-corrected chi connectivity index (χ2v) is 6.06. The van der Waals surface area contributed by atoms with Gasteiger partial charge in [-0.15, -0.1) is 5.10 Å². The minimum absolute atomic E-state index is 0.218. The second-order valence-electron chi connectivity index (χ2n) is 6.06. The number of rotatable bonds is 4. The molecule has 0 fully saturated rings. The molecule has 0 radical (unpaired) electrons. The Kier molecular flexibility index (Phi) is 4.35. The Bertz CT molecular complexity index is 909. The first-order chi connectivity index (χ1) is 12.7. The van der Waals surface area contributed by atoms with Crippen LogP contribution in [0.25, 0.3) is 0 Å². The van der Waals surface area contributed by atoms with Crippen LogP contribution in [0.3, 0.4) is 0 Å². The standard InChI is InChI=1S/C19H17FN4O2/c20-15-6-7-17(21-11-15)19(25)23-8-9-24-16(12-23)10-18(22-24)26-13-14-4-2-1-3-5-14/h1-7,10-11H,8-9,12-13H2. The van der Waals surface area contributed by atoms with Gasteiger partial charge in [-0.2, -0.15) is 0 Å². The highest BCUT2D eigenvalue weighted by Gasteiger charge is 2.24. The molecule has 1 amide bonds. The summed E-state index contributed by atoms with van der Waals surface area (Å²) in [7, 11) is 0. The molecule has 1 aliphatic heterocycles. The van der Waals surface area contributed by atoms with E-state index in [4.69, 9.17) is 4.74 Å². The predicted octanol–water partition coefficient (Wildman–Crippen LogP) is 2.65. The molecule has 0 saturated heterocycles. The molecule has 0 N–H and O–H groups in total. The van der Waals surface area contributed by atoms with Crippen LogP contribution in [0.4, 0.5) is 4.39 Å². The van der Waals surface area contributed by atoms with Gasteiger partial charge in [0, 0.05) is 12.6 Å². The Morgan fingerprint density at radius 3 is 2.77 bits per heavy atom. The highest BCUT2D eigenvalue weighted by atomic mass is 19.1. The summed E-state index contributed by atoms with van der Waals surface area (Å²) in [6, 6.07) is 14.4. The molecular formula is C19H17FN4O2. The zero-order valence-corrected chi connectivity index (χ0v) is 14.0. The van der Waals surface area contributed by atoms with E-state index in [2.05, 4.69) is 10.1 Å². The molecule has 3 heterocycles. The Balaban J connectivity index is 1.43. The van der Waals surface area contributed by atoms with Crippen LogP contribution < -0.4 is 4.74 Å². The maximum Gasteiger partial charge on any atom is 0.272 e. The van der Waals surface area contributed by atoms with E-state index in [-0.39, 0.29) is 11.6 Å². The quantitative estimate of drug-likeness (QED) is 0.724. The number of halogens is 1. The highest BCUT2D eigenvalue weighted by molar-refractivity contribution is 5.92. The van der Waals surface area contributed by atoms with Crippen LogP contribution >= 0.6 is 0 Å². The van der Waals surface area contributed by atoms with Gasteiger partial charge in [0.1, 0.15) is 18.1 Å². The molecule has 6 nitrogen and oxygen atoms in total. The fourth-order valence-electron chi connectivity index (χ4n) is 2.88. The largest absolute Gasteiger partial charge is 0.472 e. The number of fused-ring (bicyclic) bond motifs is 1. The van der Waals surface area contributed by atoms with Crippen LogP contribution in [-0.2, 0) is 19.7 Å². The molecule has 0 aliphatic carbocycles. The predicted molar refractivity (Wildman–Crippen MR) is 91.9 cm³/mol. The third kappa shape index (κ3) is 3.42. The van der Waals surface area contributed by atoms with Gasteiger partial charge in [0.2, 0.25) is 5.88 Å². The summed E-state index contributed by atoms with van der Waals surface area (Å²) in [5.41, 5.74) is 2.20. The zero-order valence-electron chi connectivity index (χ0n) is 14.0. The van der Waals surface area contributed by atoms with E-state index in [0.29, 0.717) is 32.1 Å². The second kappa shape index (κ2) is 6.95. The number of carbonyl (C=O) groups excluding carboxylic acids is 1. The third-order valence-electron chi connectivity index (χ3n) is 4.24. The van der Waals surface area contributed by atoms with E-state index in [1.165, 1.54) is 12.1 Å². The molecule has 1 aromatic carbocycles. The van der Waals surface area contributed by atoms with Crippen molar-refractivity contribution in [2.24, 2.45) is 0 Å². The third-order valence-corrected chi connectivity index (χ3v) is 4.24. The number of aromatic nitrogens is 3. The van der Waals surface area contributed by atoms with E-state index < -0.39 is 5.82 Å². The van der Waals surface area contributed by atoms with Crippen LogP contribution in [0.15, 0.2) is 54.7 Å². The van der Waals surface area contributed by atoms with Gasteiger partial charge < -0.3 is 9.64 Å². The fourth-order valence-corrected chi connectivity index (χ4v) is 2.88. The van der Waals surface area contributed by atoms with Gasteiger partial charge in [-0.25, -0.2) is 9.37 Å². The van der Waals surface area contributed by atoms with Gasteiger partial charge in [-0.05, 0) is 17.7 Å². The summed E-state index contributed by atoms with van der Waals surface area (Å²) in [6.07, 6.45) is 1.05. The molecule has 0 saturated carbocycles. The van der Waals surface area contributed by atoms with Gasteiger partial charge in [-0.1, -0.05) is 30.3 Å². The molecule has 0 atom stereocenters. The number of hydrogen-bond donors (Lipinski definition) is 0. The maximum absolute atomic E-state index is 13.0. The lowest BCUT2D eigenvalue weighted by Gasteiger charge is -2.27. The Labute approximate surface area is 149 Å².